The zero-order valence-corrected chi connectivity index (χ0v) is 16.4. The molecule has 0 amide bonds. The summed E-state index contributed by atoms with van der Waals surface area (Å²) in [5, 5.41) is 4.51. The Bertz CT molecular complexity index is 941. The molecule has 134 valence electrons. The summed E-state index contributed by atoms with van der Waals surface area (Å²) in [7, 11) is 4.14. The van der Waals surface area contributed by atoms with E-state index in [9.17, 15) is 0 Å². The van der Waals surface area contributed by atoms with E-state index < -0.39 is 0 Å². The second-order valence-electron chi connectivity index (χ2n) is 7.19. The zero-order valence-electron chi connectivity index (χ0n) is 15.6. The maximum absolute atomic E-state index is 4.84. The molecule has 2 aromatic heterocycles. The van der Waals surface area contributed by atoms with Gasteiger partial charge >= 0.3 is 0 Å². The van der Waals surface area contributed by atoms with Crippen LogP contribution < -0.4 is 5.32 Å². The number of fused-ring (bicyclic) bond motifs is 3. The minimum Gasteiger partial charge on any atom is -0.324 e. The van der Waals surface area contributed by atoms with Crippen molar-refractivity contribution in [2.24, 2.45) is 0 Å². The first-order valence-electron chi connectivity index (χ1n) is 8.83. The van der Waals surface area contributed by atoms with Crippen LogP contribution in [0.4, 0.5) is 11.6 Å². The molecule has 0 saturated carbocycles. The van der Waals surface area contributed by atoms with E-state index in [-0.39, 0.29) is 0 Å². The first kappa shape index (κ1) is 17.1. The average molecular weight is 366 g/mol. The summed E-state index contributed by atoms with van der Waals surface area (Å²) in [5.74, 6) is 0.643. The summed E-state index contributed by atoms with van der Waals surface area (Å²) < 4.78 is 0. The summed E-state index contributed by atoms with van der Waals surface area (Å²) >= 11 is 1.76. The topological polar surface area (TPSA) is 53.9 Å². The lowest BCUT2D eigenvalue weighted by atomic mass is 10.00. The van der Waals surface area contributed by atoms with Crippen LogP contribution in [0.3, 0.4) is 0 Å². The van der Waals surface area contributed by atoms with Gasteiger partial charge in [-0.1, -0.05) is 6.07 Å². The maximum Gasteiger partial charge on any atom is 0.227 e. The van der Waals surface area contributed by atoms with E-state index in [4.69, 9.17) is 9.97 Å². The minimum absolute atomic E-state index is 0.643. The van der Waals surface area contributed by atoms with Crippen LogP contribution in [0, 0.1) is 13.8 Å². The van der Waals surface area contributed by atoms with Crippen molar-refractivity contribution in [3.63, 3.8) is 0 Å². The molecule has 4 rings (SSSR count). The third kappa shape index (κ3) is 3.48. The van der Waals surface area contributed by atoms with Crippen molar-refractivity contribution in [1.82, 2.24) is 19.9 Å². The van der Waals surface area contributed by atoms with Gasteiger partial charge in [-0.25, -0.2) is 15.0 Å². The van der Waals surface area contributed by atoms with E-state index in [2.05, 4.69) is 61.3 Å². The van der Waals surface area contributed by atoms with Gasteiger partial charge in [0.15, 0.2) is 0 Å². The highest BCUT2D eigenvalue weighted by Crippen LogP contribution is 2.37. The molecule has 6 heteroatoms. The van der Waals surface area contributed by atoms with Gasteiger partial charge in [0.25, 0.3) is 0 Å². The van der Waals surface area contributed by atoms with Crippen molar-refractivity contribution in [2.75, 3.05) is 19.4 Å². The molecule has 1 aliphatic rings. The Labute approximate surface area is 158 Å². The number of benzene rings is 1. The molecular weight excluding hydrogens is 342 g/mol. The van der Waals surface area contributed by atoms with Crippen molar-refractivity contribution >= 4 is 23.0 Å². The van der Waals surface area contributed by atoms with E-state index in [0.717, 1.165) is 35.8 Å². The monoisotopic (exact) mass is 365 g/mol. The van der Waals surface area contributed by atoms with Gasteiger partial charge in [0.05, 0.1) is 16.3 Å². The van der Waals surface area contributed by atoms with Gasteiger partial charge in [-0.05, 0) is 69.6 Å². The molecule has 0 atom stereocenters. The molecule has 3 aromatic rings. The SMILES string of the molecule is Cc1cc(C)cc(Nc2ncc3c(n2)-c2sc(CN(C)C)nc2CC3)c1. The van der Waals surface area contributed by atoms with Crippen LogP contribution in [0.5, 0.6) is 0 Å². The van der Waals surface area contributed by atoms with E-state index in [0.29, 0.717) is 5.95 Å². The Balaban J connectivity index is 1.67. The lowest BCUT2D eigenvalue weighted by Gasteiger charge is -2.15. The molecule has 2 heterocycles. The molecule has 0 unspecified atom stereocenters. The lowest BCUT2D eigenvalue weighted by molar-refractivity contribution is 0.401. The molecule has 1 aliphatic carbocycles. The van der Waals surface area contributed by atoms with Crippen molar-refractivity contribution in [1.29, 1.82) is 0 Å². The zero-order chi connectivity index (χ0) is 18.3. The van der Waals surface area contributed by atoms with E-state index >= 15 is 0 Å². The van der Waals surface area contributed by atoms with Crippen LogP contribution in [0.2, 0.25) is 0 Å². The highest BCUT2D eigenvalue weighted by molar-refractivity contribution is 7.15. The number of nitrogens with one attached hydrogen (secondary N) is 1. The van der Waals surface area contributed by atoms with E-state index in [1.165, 1.54) is 27.3 Å². The number of rotatable bonds is 4. The molecule has 0 bridgehead atoms. The smallest absolute Gasteiger partial charge is 0.227 e. The molecule has 0 radical (unpaired) electrons. The average Bonchev–Trinajstić information content (AvgIpc) is 2.96. The number of thiazole rings is 1. The molecule has 26 heavy (non-hydrogen) atoms. The quantitative estimate of drug-likeness (QED) is 0.754. The maximum atomic E-state index is 4.84. The van der Waals surface area contributed by atoms with Crippen LogP contribution in [0.1, 0.15) is 27.4 Å². The van der Waals surface area contributed by atoms with Crippen molar-refractivity contribution in [2.45, 2.75) is 33.2 Å². The Morgan fingerprint density at radius 2 is 1.85 bits per heavy atom. The second-order valence-corrected chi connectivity index (χ2v) is 8.27. The van der Waals surface area contributed by atoms with Crippen LogP contribution >= 0.6 is 11.3 Å². The number of hydrogen-bond acceptors (Lipinski definition) is 6. The molecule has 1 N–H and O–H groups in total. The molecule has 1 aromatic carbocycles. The first-order chi connectivity index (χ1) is 12.5. The van der Waals surface area contributed by atoms with Crippen molar-refractivity contribution in [3.05, 3.63) is 51.8 Å². The predicted molar refractivity (Wildman–Crippen MR) is 107 cm³/mol. The summed E-state index contributed by atoms with van der Waals surface area (Å²) in [6.07, 6.45) is 3.89. The standard InChI is InChI=1S/C20H23N5S/c1-12-7-13(2)9-15(8-12)22-20-21-10-14-5-6-16-19(18(14)24-20)26-17(23-16)11-25(3)4/h7-10H,5-6,11H2,1-4H3,(H,21,22,24). The van der Waals surface area contributed by atoms with Crippen molar-refractivity contribution < 1.29 is 0 Å². The summed E-state index contributed by atoms with van der Waals surface area (Å²) in [5.41, 5.74) is 6.90. The molecule has 0 aliphatic heterocycles. The summed E-state index contributed by atoms with van der Waals surface area (Å²) in [6.45, 7) is 5.06. The van der Waals surface area contributed by atoms with Gasteiger partial charge in [0.2, 0.25) is 5.95 Å². The van der Waals surface area contributed by atoms with E-state index in [1.807, 2.05) is 6.20 Å². The third-order valence-electron chi connectivity index (χ3n) is 4.38. The first-order valence-corrected chi connectivity index (χ1v) is 9.64. The fourth-order valence-corrected chi connectivity index (χ4v) is 4.62. The van der Waals surface area contributed by atoms with Crippen LogP contribution in [0.25, 0.3) is 10.6 Å². The molecule has 5 nitrogen and oxygen atoms in total. The Kier molecular flexibility index (Phi) is 4.46. The van der Waals surface area contributed by atoms with Gasteiger partial charge in [-0.15, -0.1) is 11.3 Å². The Morgan fingerprint density at radius 3 is 2.58 bits per heavy atom. The van der Waals surface area contributed by atoms with E-state index in [1.54, 1.807) is 11.3 Å². The van der Waals surface area contributed by atoms with Crippen LogP contribution in [-0.4, -0.2) is 33.9 Å². The van der Waals surface area contributed by atoms with Gasteiger partial charge in [0.1, 0.15) is 5.01 Å². The Morgan fingerprint density at radius 1 is 1.08 bits per heavy atom. The minimum atomic E-state index is 0.643. The summed E-state index contributed by atoms with van der Waals surface area (Å²) in [6, 6.07) is 6.39. The molecule has 0 spiro atoms. The summed E-state index contributed by atoms with van der Waals surface area (Å²) in [4.78, 5) is 17.5. The normalized spacial score (nSPS) is 12.8. The third-order valence-corrected chi connectivity index (χ3v) is 5.47. The van der Waals surface area contributed by atoms with Crippen LogP contribution in [-0.2, 0) is 19.4 Å². The highest BCUT2D eigenvalue weighted by Gasteiger charge is 2.23. The highest BCUT2D eigenvalue weighted by atomic mass is 32.1. The van der Waals surface area contributed by atoms with Gasteiger partial charge in [-0.3, -0.25) is 0 Å². The number of anilines is 2. The number of nitrogens with zero attached hydrogens (tertiary/aromatic N) is 4. The lowest BCUT2D eigenvalue weighted by Crippen LogP contribution is -2.10. The van der Waals surface area contributed by atoms with Crippen LogP contribution in [0.15, 0.2) is 24.4 Å². The Hall–Kier alpha value is -2.31. The fraction of sp³-hybridized carbons (Fsp3) is 0.350. The van der Waals surface area contributed by atoms with Gasteiger partial charge in [0, 0.05) is 18.4 Å². The second kappa shape index (κ2) is 6.78. The molecular formula is C20H23N5S. The van der Waals surface area contributed by atoms with Gasteiger partial charge in [-0.2, -0.15) is 0 Å². The largest absolute Gasteiger partial charge is 0.324 e. The van der Waals surface area contributed by atoms with Gasteiger partial charge < -0.3 is 10.2 Å². The fourth-order valence-electron chi connectivity index (χ4n) is 3.37. The predicted octanol–water partition coefficient (Wildman–Crippen LogP) is 4.12. The molecule has 0 saturated heterocycles. The van der Waals surface area contributed by atoms with Crippen molar-refractivity contribution in [3.8, 4) is 10.6 Å². The number of aryl methyl sites for hydroxylation is 4. The number of aromatic nitrogens is 3. The number of hydrogen-bond donors (Lipinski definition) is 1. The molecule has 0 fully saturated rings.